The van der Waals surface area contributed by atoms with Crippen molar-refractivity contribution in [2.45, 2.75) is 19.8 Å². The number of rotatable bonds is 2. The number of hydrogen-bond donors (Lipinski definition) is 1. The van der Waals surface area contributed by atoms with Crippen molar-refractivity contribution >= 4 is 17.7 Å². The number of aromatic hydroxyl groups is 1. The zero-order valence-corrected chi connectivity index (χ0v) is 10.3. The SMILES string of the molecule is CC(C)c1cc(Cl)c(O)c(C=C(C#N)C#N)c1. The van der Waals surface area contributed by atoms with Crippen LogP contribution in [0.15, 0.2) is 17.7 Å². The van der Waals surface area contributed by atoms with Crippen molar-refractivity contribution < 1.29 is 5.11 Å². The lowest BCUT2D eigenvalue weighted by molar-refractivity contribution is 0.474. The van der Waals surface area contributed by atoms with Crippen molar-refractivity contribution in [1.29, 1.82) is 10.5 Å². The molecule has 0 aliphatic carbocycles. The Morgan fingerprint density at radius 1 is 1.35 bits per heavy atom. The number of hydrogen-bond acceptors (Lipinski definition) is 3. The molecular formula is C13H11ClN2O. The lowest BCUT2D eigenvalue weighted by atomic mass is 9.99. The Morgan fingerprint density at radius 2 is 1.94 bits per heavy atom. The molecule has 0 amide bonds. The van der Waals surface area contributed by atoms with E-state index in [1.165, 1.54) is 6.08 Å². The predicted octanol–water partition coefficient (Wildman–Crippen LogP) is 3.60. The van der Waals surface area contributed by atoms with Gasteiger partial charge in [0.2, 0.25) is 0 Å². The molecule has 3 nitrogen and oxygen atoms in total. The lowest BCUT2D eigenvalue weighted by Gasteiger charge is -2.09. The van der Waals surface area contributed by atoms with Crippen LogP contribution in [-0.2, 0) is 0 Å². The summed E-state index contributed by atoms with van der Waals surface area (Å²) in [5, 5.41) is 27.3. The van der Waals surface area contributed by atoms with E-state index in [2.05, 4.69) is 0 Å². The predicted molar refractivity (Wildman–Crippen MR) is 66.4 cm³/mol. The van der Waals surface area contributed by atoms with Gasteiger partial charge in [-0.1, -0.05) is 25.4 Å². The molecule has 0 atom stereocenters. The number of halogens is 1. The molecule has 4 heteroatoms. The fourth-order valence-electron chi connectivity index (χ4n) is 1.33. The third kappa shape index (κ3) is 3.00. The molecule has 0 saturated carbocycles. The molecule has 0 aliphatic rings. The Labute approximate surface area is 105 Å². The molecule has 0 unspecified atom stereocenters. The van der Waals surface area contributed by atoms with E-state index in [9.17, 15) is 5.11 Å². The van der Waals surface area contributed by atoms with Gasteiger partial charge in [0.05, 0.1) is 5.02 Å². The highest BCUT2D eigenvalue weighted by Gasteiger charge is 2.10. The van der Waals surface area contributed by atoms with E-state index < -0.39 is 0 Å². The molecule has 1 rings (SSSR count). The van der Waals surface area contributed by atoms with Gasteiger partial charge in [0.15, 0.2) is 0 Å². The van der Waals surface area contributed by atoms with E-state index in [0.717, 1.165) is 5.56 Å². The first-order chi connectivity index (χ1) is 7.99. The maximum Gasteiger partial charge on any atom is 0.141 e. The van der Waals surface area contributed by atoms with Crippen molar-refractivity contribution in [3.63, 3.8) is 0 Å². The second-order valence-electron chi connectivity index (χ2n) is 3.88. The van der Waals surface area contributed by atoms with Crippen LogP contribution in [0.5, 0.6) is 5.75 Å². The second kappa shape index (κ2) is 5.39. The van der Waals surface area contributed by atoms with Crippen molar-refractivity contribution in [3.05, 3.63) is 33.9 Å². The highest BCUT2D eigenvalue weighted by molar-refractivity contribution is 6.32. The van der Waals surface area contributed by atoms with Gasteiger partial charge >= 0.3 is 0 Å². The monoisotopic (exact) mass is 246 g/mol. The number of phenols is 1. The Balaban J connectivity index is 3.40. The van der Waals surface area contributed by atoms with Crippen LogP contribution in [0.3, 0.4) is 0 Å². The van der Waals surface area contributed by atoms with Crippen molar-refractivity contribution in [2.24, 2.45) is 0 Å². The van der Waals surface area contributed by atoms with Gasteiger partial charge < -0.3 is 5.11 Å². The summed E-state index contributed by atoms with van der Waals surface area (Å²) in [6.07, 6.45) is 1.33. The van der Waals surface area contributed by atoms with Gasteiger partial charge in [0.25, 0.3) is 0 Å². The van der Waals surface area contributed by atoms with Gasteiger partial charge in [-0.2, -0.15) is 10.5 Å². The molecule has 0 bridgehead atoms. The van der Waals surface area contributed by atoms with Crippen LogP contribution in [0.2, 0.25) is 5.02 Å². The maximum absolute atomic E-state index is 9.75. The fraction of sp³-hybridized carbons (Fsp3) is 0.231. The summed E-state index contributed by atoms with van der Waals surface area (Å²) in [4.78, 5) is 0. The molecule has 0 aromatic heterocycles. The van der Waals surface area contributed by atoms with E-state index >= 15 is 0 Å². The molecule has 0 radical (unpaired) electrons. The maximum atomic E-state index is 9.75. The topological polar surface area (TPSA) is 67.8 Å². The Morgan fingerprint density at radius 3 is 2.41 bits per heavy atom. The summed E-state index contributed by atoms with van der Waals surface area (Å²) in [6, 6.07) is 6.88. The van der Waals surface area contributed by atoms with E-state index in [1.54, 1.807) is 24.3 Å². The minimum absolute atomic E-state index is 0.0720. The first-order valence-electron chi connectivity index (χ1n) is 5.04. The van der Waals surface area contributed by atoms with E-state index in [0.29, 0.717) is 5.56 Å². The average Bonchev–Trinajstić information content (AvgIpc) is 2.30. The van der Waals surface area contributed by atoms with Crippen LogP contribution in [-0.4, -0.2) is 5.11 Å². The normalized spacial score (nSPS) is 9.53. The van der Waals surface area contributed by atoms with Gasteiger partial charge in [-0.05, 0) is 29.7 Å². The number of benzene rings is 1. The van der Waals surface area contributed by atoms with Crippen molar-refractivity contribution in [2.75, 3.05) is 0 Å². The lowest BCUT2D eigenvalue weighted by Crippen LogP contribution is -1.90. The number of nitriles is 2. The van der Waals surface area contributed by atoms with Gasteiger partial charge in [0, 0.05) is 5.56 Å². The minimum Gasteiger partial charge on any atom is -0.506 e. The smallest absolute Gasteiger partial charge is 0.141 e. The quantitative estimate of drug-likeness (QED) is 0.811. The number of phenolic OH excluding ortho intramolecular Hbond substituents is 1. The summed E-state index contributed by atoms with van der Waals surface area (Å²) >= 11 is 5.89. The molecule has 1 N–H and O–H groups in total. The number of allylic oxidation sites excluding steroid dienone is 1. The van der Waals surface area contributed by atoms with Crippen molar-refractivity contribution in [1.82, 2.24) is 0 Å². The van der Waals surface area contributed by atoms with Gasteiger partial charge in [-0.25, -0.2) is 0 Å². The molecule has 17 heavy (non-hydrogen) atoms. The molecular weight excluding hydrogens is 236 g/mol. The second-order valence-corrected chi connectivity index (χ2v) is 4.28. The minimum atomic E-state index is -0.112. The molecule has 0 heterocycles. The van der Waals surface area contributed by atoms with Crippen LogP contribution in [0.1, 0.15) is 30.9 Å². The summed E-state index contributed by atoms with van der Waals surface area (Å²) in [5.74, 6) is 0.131. The van der Waals surface area contributed by atoms with Crippen molar-refractivity contribution in [3.8, 4) is 17.9 Å². The summed E-state index contributed by atoms with van der Waals surface area (Å²) in [5.41, 5.74) is 1.26. The standard InChI is InChI=1S/C13H11ClN2O/c1-8(2)10-4-11(3-9(6-15)7-16)13(17)12(14)5-10/h3-5,8,17H,1-2H3. The summed E-state index contributed by atoms with van der Waals surface area (Å²) in [6.45, 7) is 3.98. The Kier molecular flexibility index (Phi) is 4.15. The highest BCUT2D eigenvalue weighted by Crippen LogP contribution is 2.33. The van der Waals surface area contributed by atoms with Crippen LogP contribution in [0, 0.1) is 22.7 Å². The van der Waals surface area contributed by atoms with Gasteiger partial charge in [-0.3, -0.25) is 0 Å². The summed E-state index contributed by atoms with van der Waals surface area (Å²) in [7, 11) is 0. The molecule has 86 valence electrons. The van der Waals surface area contributed by atoms with E-state index in [4.69, 9.17) is 22.1 Å². The first-order valence-corrected chi connectivity index (χ1v) is 5.41. The third-order valence-electron chi connectivity index (χ3n) is 2.32. The fourth-order valence-corrected chi connectivity index (χ4v) is 1.57. The highest BCUT2D eigenvalue weighted by atomic mass is 35.5. The van der Waals surface area contributed by atoms with E-state index in [-0.39, 0.29) is 22.3 Å². The molecule has 1 aromatic carbocycles. The first kappa shape index (κ1) is 13.1. The van der Waals surface area contributed by atoms with Gasteiger partial charge in [0.1, 0.15) is 23.5 Å². The Bertz CT molecular complexity index is 532. The van der Waals surface area contributed by atoms with Crippen LogP contribution in [0.4, 0.5) is 0 Å². The van der Waals surface area contributed by atoms with Crippen LogP contribution in [0.25, 0.3) is 6.08 Å². The van der Waals surface area contributed by atoms with Crippen LogP contribution >= 0.6 is 11.6 Å². The average molecular weight is 247 g/mol. The molecule has 0 saturated heterocycles. The zero-order chi connectivity index (χ0) is 13.0. The molecule has 0 aliphatic heterocycles. The largest absolute Gasteiger partial charge is 0.506 e. The third-order valence-corrected chi connectivity index (χ3v) is 2.61. The zero-order valence-electron chi connectivity index (χ0n) is 9.53. The Hall–Kier alpha value is -1.97. The molecule has 1 aromatic rings. The number of nitrogens with zero attached hydrogens (tertiary/aromatic N) is 2. The summed E-state index contributed by atoms with van der Waals surface area (Å²) < 4.78 is 0. The molecule has 0 fully saturated rings. The molecule has 0 spiro atoms. The van der Waals surface area contributed by atoms with Crippen LogP contribution < -0.4 is 0 Å². The van der Waals surface area contributed by atoms with E-state index in [1.807, 2.05) is 13.8 Å². The van der Waals surface area contributed by atoms with Gasteiger partial charge in [-0.15, -0.1) is 0 Å².